The minimum Gasteiger partial charge on any atom is -0.497 e. The Labute approximate surface area is 256 Å². The number of amides is 1. The minimum absolute atomic E-state index is 0.266. The van der Waals surface area contributed by atoms with E-state index in [0.29, 0.717) is 45.3 Å². The normalized spacial score (nSPS) is 11.7. The Bertz CT molecular complexity index is 1910. The van der Waals surface area contributed by atoms with Gasteiger partial charge in [-0.15, -0.1) is 0 Å². The molecule has 0 atom stereocenters. The van der Waals surface area contributed by atoms with Gasteiger partial charge in [0.25, 0.3) is 0 Å². The molecule has 0 aliphatic carbocycles. The van der Waals surface area contributed by atoms with Crippen LogP contribution in [0.2, 0.25) is 0 Å². The fourth-order valence-corrected chi connectivity index (χ4v) is 4.86. The van der Waals surface area contributed by atoms with Gasteiger partial charge in [-0.05, 0) is 81.4 Å². The number of carbonyl (C=O) groups excluding carboxylic acids is 1. The molecule has 4 aromatic heterocycles. The van der Waals surface area contributed by atoms with Gasteiger partial charge >= 0.3 is 6.09 Å². The molecule has 6 aromatic rings. The Balaban J connectivity index is 1.36. The average Bonchev–Trinajstić information content (AvgIpc) is 3.63. The van der Waals surface area contributed by atoms with E-state index in [-0.39, 0.29) is 11.4 Å². The second-order valence-corrected chi connectivity index (χ2v) is 11.3. The number of rotatable bonds is 7. The maximum atomic E-state index is 15.8. The van der Waals surface area contributed by atoms with Crippen LogP contribution in [0.15, 0.2) is 81.9 Å². The molecule has 0 saturated heterocycles. The summed E-state index contributed by atoms with van der Waals surface area (Å²) in [6.45, 7) is 5.03. The van der Waals surface area contributed by atoms with Crippen molar-refractivity contribution in [2.24, 2.45) is 0 Å². The molecule has 0 radical (unpaired) electrons. The standard InChI is InChI=1S/C34H29F2N3O6/c1-34(2,3)45-33(40)39-32(30-24(35)12-20(16-37-30)28-14-18-10-22(41-4)6-8-26(18)43-28)31-25(36)13-21(17-38-31)29-15-19-11-23(42-5)7-9-27(19)44-29/h6-17,32H,1-5H3,(H,39,40). The molecule has 0 saturated carbocycles. The number of furan rings is 2. The van der Waals surface area contributed by atoms with Gasteiger partial charge in [-0.3, -0.25) is 9.97 Å². The summed E-state index contributed by atoms with van der Waals surface area (Å²) in [5, 5.41) is 4.05. The SMILES string of the molecule is COc1ccc2oc(-c3cnc(C(NC(=O)OC(C)(C)C)c4ncc(-c5cc6cc(OC)ccc6o5)cc4F)c(F)c3)cc2c1. The van der Waals surface area contributed by atoms with Crippen molar-refractivity contribution in [2.45, 2.75) is 32.4 Å². The molecule has 9 nitrogen and oxygen atoms in total. The first-order valence-electron chi connectivity index (χ1n) is 14.0. The first-order valence-corrected chi connectivity index (χ1v) is 14.0. The van der Waals surface area contributed by atoms with Gasteiger partial charge in [0.15, 0.2) is 0 Å². The minimum atomic E-state index is -1.43. The first kappa shape index (κ1) is 29.6. The van der Waals surface area contributed by atoms with E-state index in [1.54, 1.807) is 83.5 Å². The Kier molecular flexibility index (Phi) is 7.61. The van der Waals surface area contributed by atoms with Crippen LogP contribution in [-0.2, 0) is 4.74 Å². The predicted molar refractivity (Wildman–Crippen MR) is 163 cm³/mol. The quantitative estimate of drug-likeness (QED) is 0.192. The molecule has 6 rings (SSSR count). The van der Waals surface area contributed by atoms with Crippen molar-refractivity contribution >= 4 is 28.0 Å². The molecule has 4 heterocycles. The highest BCUT2D eigenvalue weighted by Gasteiger charge is 2.29. The van der Waals surface area contributed by atoms with Crippen molar-refractivity contribution in [3.63, 3.8) is 0 Å². The Morgan fingerprint density at radius 2 is 1.22 bits per heavy atom. The molecule has 0 bridgehead atoms. The summed E-state index contributed by atoms with van der Waals surface area (Å²) in [4.78, 5) is 21.4. The molecule has 1 amide bonds. The van der Waals surface area contributed by atoms with Crippen LogP contribution in [0.1, 0.15) is 38.2 Å². The monoisotopic (exact) mass is 613 g/mol. The molecule has 0 aliphatic heterocycles. The molecule has 230 valence electrons. The van der Waals surface area contributed by atoms with Gasteiger partial charge in [0.2, 0.25) is 0 Å². The van der Waals surface area contributed by atoms with Gasteiger partial charge < -0.3 is 28.4 Å². The van der Waals surface area contributed by atoms with Crippen LogP contribution in [0.4, 0.5) is 13.6 Å². The van der Waals surface area contributed by atoms with Crippen LogP contribution in [0, 0.1) is 11.6 Å². The summed E-state index contributed by atoms with van der Waals surface area (Å²) in [6, 6.07) is 15.0. The molecule has 0 spiro atoms. The van der Waals surface area contributed by atoms with Crippen molar-refractivity contribution in [2.75, 3.05) is 14.2 Å². The van der Waals surface area contributed by atoms with Crippen LogP contribution in [0.5, 0.6) is 11.5 Å². The van der Waals surface area contributed by atoms with Gasteiger partial charge in [-0.25, -0.2) is 13.6 Å². The molecule has 1 N–H and O–H groups in total. The smallest absolute Gasteiger partial charge is 0.408 e. The molecular weight excluding hydrogens is 584 g/mol. The lowest BCUT2D eigenvalue weighted by molar-refractivity contribution is 0.0509. The van der Waals surface area contributed by atoms with Gasteiger partial charge in [0.05, 0.1) is 14.2 Å². The van der Waals surface area contributed by atoms with Crippen molar-refractivity contribution in [3.05, 3.63) is 96.1 Å². The Hall–Kier alpha value is -5.45. The van der Waals surface area contributed by atoms with Crippen LogP contribution in [0.25, 0.3) is 44.6 Å². The highest BCUT2D eigenvalue weighted by atomic mass is 19.1. The van der Waals surface area contributed by atoms with Gasteiger partial charge in [-0.2, -0.15) is 0 Å². The third-order valence-electron chi connectivity index (χ3n) is 6.96. The third kappa shape index (κ3) is 6.14. The molecule has 0 fully saturated rings. The fourth-order valence-electron chi connectivity index (χ4n) is 4.86. The second kappa shape index (κ2) is 11.6. The second-order valence-electron chi connectivity index (χ2n) is 11.3. The molecule has 11 heteroatoms. The summed E-state index contributed by atoms with van der Waals surface area (Å²) < 4.78 is 59.3. The number of benzene rings is 2. The summed E-state index contributed by atoms with van der Waals surface area (Å²) in [7, 11) is 3.12. The van der Waals surface area contributed by atoms with Gasteiger partial charge in [0.1, 0.15) is 68.9 Å². The van der Waals surface area contributed by atoms with Crippen molar-refractivity contribution in [1.82, 2.24) is 15.3 Å². The maximum absolute atomic E-state index is 15.8. The molecule has 45 heavy (non-hydrogen) atoms. The number of nitrogens with one attached hydrogen (secondary N) is 1. The lowest BCUT2D eigenvalue weighted by Crippen LogP contribution is -2.36. The first-order chi connectivity index (χ1) is 21.5. The highest BCUT2D eigenvalue weighted by molar-refractivity contribution is 5.85. The van der Waals surface area contributed by atoms with E-state index in [1.807, 2.05) is 0 Å². The van der Waals surface area contributed by atoms with Crippen LogP contribution >= 0.6 is 0 Å². The number of alkyl carbamates (subject to hydrolysis) is 1. The molecule has 2 aromatic carbocycles. The van der Waals surface area contributed by atoms with E-state index in [9.17, 15) is 4.79 Å². The number of fused-ring (bicyclic) bond motifs is 2. The third-order valence-corrected chi connectivity index (χ3v) is 6.96. The lowest BCUT2D eigenvalue weighted by atomic mass is 10.0. The van der Waals surface area contributed by atoms with Gasteiger partial charge in [-0.1, -0.05) is 0 Å². The topological polar surface area (TPSA) is 109 Å². The van der Waals surface area contributed by atoms with E-state index in [4.69, 9.17) is 23.0 Å². The Morgan fingerprint density at radius 3 is 1.62 bits per heavy atom. The predicted octanol–water partition coefficient (Wildman–Crippen LogP) is 8.21. The number of hydrogen-bond acceptors (Lipinski definition) is 8. The Morgan fingerprint density at radius 1 is 0.756 bits per heavy atom. The maximum Gasteiger partial charge on any atom is 0.408 e. The summed E-state index contributed by atoms with van der Waals surface area (Å²) in [5.74, 6) is 0.388. The number of ether oxygens (including phenoxy) is 3. The summed E-state index contributed by atoms with van der Waals surface area (Å²) >= 11 is 0. The van der Waals surface area contributed by atoms with E-state index >= 15 is 8.78 Å². The van der Waals surface area contributed by atoms with E-state index < -0.39 is 29.4 Å². The van der Waals surface area contributed by atoms with E-state index in [2.05, 4.69) is 15.3 Å². The molecular formula is C34H29F2N3O6. The number of nitrogens with zero attached hydrogens (tertiary/aromatic N) is 2. The number of aromatic nitrogens is 2. The number of carbonyl (C=O) groups is 1. The largest absolute Gasteiger partial charge is 0.497 e. The van der Waals surface area contributed by atoms with Gasteiger partial charge in [0, 0.05) is 34.3 Å². The highest BCUT2D eigenvalue weighted by Crippen LogP contribution is 2.34. The van der Waals surface area contributed by atoms with E-state index in [1.165, 1.54) is 24.5 Å². The van der Waals surface area contributed by atoms with Crippen molar-refractivity contribution in [3.8, 4) is 34.1 Å². The van der Waals surface area contributed by atoms with Crippen LogP contribution in [0.3, 0.4) is 0 Å². The lowest BCUT2D eigenvalue weighted by Gasteiger charge is -2.24. The average molecular weight is 614 g/mol. The summed E-state index contributed by atoms with van der Waals surface area (Å²) in [5.41, 5.74) is 0.438. The zero-order valence-corrected chi connectivity index (χ0v) is 25.1. The van der Waals surface area contributed by atoms with Crippen LogP contribution < -0.4 is 14.8 Å². The number of hydrogen-bond donors (Lipinski definition) is 1. The fraction of sp³-hybridized carbons (Fsp3) is 0.206. The molecule has 0 unspecified atom stereocenters. The van der Waals surface area contributed by atoms with Crippen LogP contribution in [-0.4, -0.2) is 35.9 Å². The number of methoxy groups -OCH3 is 2. The zero-order chi connectivity index (χ0) is 31.9. The summed E-state index contributed by atoms with van der Waals surface area (Å²) in [6.07, 6.45) is 1.86. The van der Waals surface area contributed by atoms with E-state index in [0.717, 1.165) is 10.8 Å². The van der Waals surface area contributed by atoms with Crippen molar-refractivity contribution < 1.29 is 36.6 Å². The zero-order valence-electron chi connectivity index (χ0n) is 25.1. The number of halogens is 2. The van der Waals surface area contributed by atoms with Crippen molar-refractivity contribution in [1.29, 1.82) is 0 Å². The number of pyridine rings is 2. The molecule has 0 aliphatic rings.